The van der Waals surface area contributed by atoms with Crippen molar-refractivity contribution in [3.05, 3.63) is 77.2 Å². The van der Waals surface area contributed by atoms with Crippen LogP contribution >= 0.6 is 0 Å². The van der Waals surface area contributed by atoms with E-state index in [9.17, 15) is 9.90 Å². The molecule has 1 aromatic heterocycles. The fraction of sp³-hybridized carbons (Fsp3) is 0.486. The van der Waals surface area contributed by atoms with Gasteiger partial charge in [0, 0.05) is 42.7 Å². The third kappa shape index (κ3) is 6.08. The molecule has 2 aliphatic carbocycles. The Morgan fingerprint density at radius 1 is 0.897 bits per heavy atom. The zero-order valence-corrected chi connectivity index (χ0v) is 26.9. The fourth-order valence-electron chi connectivity index (χ4n) is 6.75. The van der Waals surface area contributed by atoms with Gasteiger partial charge in [-0.1, -0.05) is 71.9 Å². The van der Waals surface area contributed by atoms with Crippen molar-refractivity contribution in [3.8, 4) is 11.3 Å². The van der Waals surface area contributed by atoms with Crippen molar-refractivity contribution >= 4 is 16.6 Å². The van der Waals surface area contributed by atoms with Crippen LogP contribution in [0.15, 0.2) is 60.0 Å². The molecule has 0 spiro atoms. The molecule has 5 rings (SSSR count). The summed E-state index contributed by atoms with van der Waals surface area (Å²) < 4.78 is 0. The Morgan fingerprint density at radius 3 is 2.08 bits per heavy atom. The second-order valence-electron chi connectivity index (χ2n) is 11.5. The molecule has 1 N–H and O–H groups in total. The van der Waals surface area contributed by atoms with E-state index in [1.54, 1.807) is 0 Å². The van der Waals surface area contributed by atoms with Gasteiger partial charge in [0.1, 0.15) is 5.76 Å². The minimum absolute atomic E-state index is 0. The third-order valence-electron chi connectivity index (χ3n) is 9.60. The molecule has 4 heteroatoms. The number of aliphatic hydroxyl groups is 1. The number of pyridine rings is 1. The number of fused-ring (bicyclic) bond motifs is 2. The van der Waals surface area contributed by atoms with Crippen LogP contribution < -0.4 is 0 Å². The molecule has 211 valence electrons. The number of carbonyl (C=O) groups is 1. The van der Waals surface area contributed by atoms with E-state index >= 15 is 0 Å². The number of hydrogen-bond acceptors (Lipinski definition) is 3. The summed E-state index contributed by atoms with van der Waals surface area (Å²) in [5, 5.41) is 13.3. The number of ketones is 1. The number of carbonyl (C=O) groups excluding carboxylic acids is 1. The number of rotatable bonds is 5. The summed E-state index contributed by atoms with van der Waals surface area (Å²) in [4.78, 5) is 17.6. The quantitative estimate of drug-likeness (QED) is 0.270. The van der Waals surface area contributed by atoms with Gasteiger partial charge in [0.25, 0.3) is 0 Å². The summed E-state index contributed by atoms with van der Waals surface area (Å²) in [6, 6.07) is 18.0. The number of aliphatic hydroxyl groups excluding tert-OH is 1. The largest absolute Gasteiger partial charge is 0.511 e. The normalized spacial score (nSPS) is 19.5. The molecule has 3 nitrogen and oxygen atoms in total. The summed E-state index contributed by atoms with van der Waals surface area (Å²) in [5.41, 5.74) is 4.93. The summed E-state index contributed by atoms with van der Waals surface area (Å²) >= 11 is 0. The predicted molar refractivity (Wildman–Crippen MR) is 158 cm³/mol. The number of Topliss-reactive ketones (excluding diaryl/α,β-unsaturated/α-hetero) is 1. The molecule has 1 saturated carbocycles. The Kier molecular flexibility index (Phi) is 10.3. The monoisotopic (exact) mass is 703 g/mol. The molecule has 2 aliphatic rings. The van der Waals surface area contributed by atoms with Gasteiger partial charge < -0.3 is 10.1 Å². The van der Waals surface area contributed by atoms with Gasteiger partial charge >= 0.3 is 0 Å². The van der Waals surface area contributed by atoms with Crippen molar-refractivity contribution in [1.82, 2.24) is 4.98 Å². The first-order chi connectivity index (χ1) is 18.2. The number of aryl methyl sites for hydroxylation is 2. The van der Waals surface area contributed by atoms with Crippen molar-refractivity contribution in [2.24, 2.45) is 16.7 Å². The maximum atomic E-state index is 13.1. The second kappa shape index (κ2) is 12.9. The van der Waals surface area contributed by atoms with Crippen LogP contribution in [0.2, 0.25) is 0 Å². The predicted octanol–water partition coefficient (Wildman–Crippen LogP) is 9.50. The molecule has 3 aromatic rings. The summed E-state index contributed by atoms with van der Waals surface area (Å²) in [6.45, 7) is 12.7. The Bertz CT molecular complexity index is 1310. The molecule has 0 aliphatic heterocycles. The van der Waals surface area contributed by atoms with E-state index in [1.165, 1.54) is 16.3 Å². The van der Waals surface area contributed by atoms with Gasteiger partial charge in [-0.15, -0.1) is 34.9 Å². The average Bonchev–Trinajstić information content (AvgIpc) is 2.93. The van der Waals surface area contributed by atoms with E-state index in [4.69, 9.17) is 0 Å². The van der Waals surface area contributed by atoms with Gasteiger partial charge in [-0.3, -0.25) is 4.79 Å². The van der Waals surface area contributed by atoms with Crippen molar-refractivity contribution < 1.29 is 30.0 Å². The zero-order chi connectivity index (χ0) is 27.5. The van der Waals surface area contributed by atoms with E-state index < -0.39 is 0 Å². The van der Waals surface area contributed by atoms with E-state index in [0.717, 1.165) is 73.8 Å². The molecule has 2 aromatic carbocycles. The molecular formula is C35H44IrNO2-. The summed E-state index contributed by atoms with van der Waals surface area (Å²) in [7, 11) is 0. The van der Waals surface area contributed by atoms with Gasteiger partial charge in [0.15, 0.2) is 5.78 Å². The molecule has 1 heterocycles. The molecule has 0 bridgehead atoms. The van der Waals surface area contributed by atoms with Crippen LogP contribution in [0, 0.1) is 36.7 Å². The number of benzene rings is 2. The molecule has 0 saturated heterocycles. The van der Waals surface area contributed by atoms with Crippen molar-refractivity contribution in [3.63, 3.8) is 0 Å². The molecule has 1 radical (unpaired) electrons. The maximum absolute atomic E-state index is 13.1. The number of nitrogens with zero attached hydrogens (tertiary/aromatic N) is 1. The van der Waals surface area contributed by atoms with Crippen LogP contribution in [0.25, 0.3) is 22.0 Å². The van der Waals surface area contributed by atoms with Crippen molar-refractivity contribution in [2.75, 3.05) is 0 Å². The SMILES string of the molecule is CCC1(CC)CCC2CCC(CC)(CC)C(O)=C2C1=O.Cc1[c-]c(-c2cc3ccccc3cn2)cc(C)c1.[Ir]. The third-order valence-corrected chi connectivity index (χ3v) is 9.60. The van der Waals surface area contributed by atoms with Crippen molar-refractivity contribution in [2.45, 2.75) is 92.9 Å². The minimum Gasteiger partial charge on any atom is -0.511 e. The maximum Gasteiger partial charge on any atom is 0.168 e. The Morgan fingerprint density at radius 2 is 1.49 bits per heavy atom. The first-order valence-corrected chi connectivity index (χ1v) is 14.6. The van der Waals surface area contributed by atoms with Gasteiger partial charge in [-0.25, -0.2) is 0 Å². The summed E-state index contributed by atoms with van der Waals surface area (Å²) in [5.74, 6) is 1.04. The molecular weight excluding hydrogens is 659 g/mol. The van der Waals surface area contributed by atoms with Crippen LogP contribution in [-0.4, -0.2) is 15.9 Å². The first kappa shape index (κ1) is 31.2. The number of aromatic nitrogens is 1. The number of allylic oxidation sites excluding steroid dienone is 2. The Hall–Kier alpha value is -2.29. The van der Waals surface area contributed by atoms with Crippen LogP contribution in [0.4, 0.5) is 0 Å². The van der Waals surface area contributed by atoms with E-state index in [1.807, 2.05) is 12.3 Å². The first-order valence-electron chi connectivity index (χ1n) is 14.6. The van der Waals surface area contributed by atoms with E-state index in [-0.39, 0.29) is 36.7 Å². The average molecular weight is 703 g/mol. The zero-order valence-electron chi connectivity index (χ0n) is 24.5. The molecule has 1 unspecified atom stereocenters. The van der Waals surface area contributed by atoms with Crippen LogP contribution in [-0.2, 0) is 24.9 Å². The smallest absolute Gasteiger partial charge is 0.168 e. The van der Waals surface area contributed by atoms with E-state index in [0.29, 0.717) is 11.7 Å². The van der Waals surface area contributed by atoms with Gasteiger partial charge in [0.05, 0.1) is 0 Å². The summed E-state index contributed by atoms with van der Waals surface area (Å²) in [6.07, 6.45) is 9.80. The minimum atomic E-state index is -0.204. The molecule has 39 heavy (non-hydrogen) atoms. The van der Waals surface area contributed by atoms with E-state index in [2.05, 4.69) is 89.0 Å². The van der Waals surface area contributed by atoms with Gasteiger partial charge in [0.2, 0.25) is 0 Å². The van der Waals surface area contributed by atoms with Crippen LogP contribution in [0.1, 0.15) is 90.2 Å². The molecule has 1 fully saturated rings. The standard InChI is InChI=1S/C18H30O2.C17H14N.Ir/c1-5-17(6-2)11-9-13-10-12-18(7-3,8-4)16(20)14(13)15(17)19;1-12-7-13(2)9-16(8-12)17-10-14-5-3-4-6-15(14)11-18-17;/h13,19H,5-12H2,1-4H3;3-8,10-11H,1-2H3;/q;-1;. The Balaban J connectivity index is 0.000000211. The fourth-order valence-corrected chi connectivity index (χ4v) is 6.75. The second-order valence-corrected chi connectivity index (χ2v) is 11.5. The van der Waals surface area contributed by atoms with Gasteiger partial charge in [-0.05, 0) is 73.8 Å². The topological polar surface area (TPSA) is 50.2 Å². The van der Waals surface area contributed by atoms with Crippen molar-refractivity contribution in [1.29, 1.82) is 0 Å². The van der Waals surface area contributed by atoms with Crippen LogP contribution in [0.3, 0.4) is 0 Å². The van der Waals surface area contributed by atoms with Crippen LogP contribution in [0.5, 0.6) is 0 Å². The molecule has 0 amide bonds. The van der Waals surface area contributed by atoms with Gasteiger partial charge in [-0.2, -0.15) is 0 Å². The number of hydrogen-bond donors (Lipinski definition) is 1. The molecule has 1 atom stereocenters. The Labute approximate surface area is 248 Å².